The van der Waals surface area contributed by atoms with Crippen molar-refractivity contribution in [3.63, 3.8) is 0 Å². The van der Waals surface area contributed by atoms with E-state index < -0.39 is 0 Å². The molecule has 0 spiro atoms. The Morgan fingerprint density at radius 2 is 2.04 bits per heavy atom. The van der Waals surface area contributed by atoms with Crippen molar-refractivity contribution in [2.45, 2.75) is 51.5 Å². The summed E-state index contributed by atoms with van der Waals surface area (Å²) in [6.45, 7) is 2.29. The first-order chi connectivity index (χ1) is 12.7. The van der Waals surface area contributed by atoms with Crippen LogP contribution in [0.5, 0.6) is 0 Å². The van der Waals surface area contributed by atoms with Crippen molar-refractivity contribution in [3.8, 4) is 0 Å². The predicted molar refractivity (Wildman–Crippen MR) is 102 cm³/mol. The van der Waals surface area contributed by atoms with Crippen LogP contribution in [0.15, 0.2) is 24.3 Å². The molecule has 1 aromatic carbocycles. The van der Waals surface area contributed by atoms with Crippen LogP contribution in [0.4, 0.5) is 5.69 Å². The highest BCUT2D eigenvalue weighted by Crippen LogP contribution is 2.43. The number of rotatable bonds is 5. The average molecular weight is 355 g/mol. The lowest BCUT2D eigenvalue weighted by atomic mass is 9.67. The van der Waals surface area contributed by atoms with Crippen molar-refractivity contribution in [2.24, 2.45) is 17.3 Å². The molecule has 1 aromatic rings. The van der Waals surface area contributed by atoms with E-state index in [0.29, 0.717) is 12.5 Å². The van der Waals surface area contributed by atoms with Crippen LogP contribution in [-0.2, 0) is 16.1 Å². The molecule has 0 radical (unpaired) electrons. The number of carbonyl (C=O) groups is 2. The lowest BCUT2D eigenvalue weighted by Crippen LogP contribution is -2.47. The molecule has 3 aliphatic rings. The Morgan fingerprint density at radius 1 is 1.15 bits per heavy atom. The molecule has 1 heterocycles. The number of carbonyl (C=O) groups excluding carboxylic acids is 2. The Hall–Kier alpha value is -1.88. The largest absolute Gasteiger partial charge is 0.351 e. The molecule has 4 rings (SSSR count). The zero-order valence-electron chi connectivity index (χ0n) is 15.4. The second kappa shape index (κ2) is 7.39. The third-order valence-electron chi connectivity index (χ3n) is 6.61. The van der Waals surface area contributed by atoms with Gasteiger partial charge in [-0.05, 0) is 55.8 Å². The van der Waals surface area contributed by atoms with Gasteiger partial charge in [-0.3, -0.25) is 9.59 Å². The van der Waals surface area contributed by atoms with Crippen LogP contribution in [0.25, 0.3) is 0 Å². The van der Waals surface area contributed by atoms with Crippen molar-refractivity contribution < 1.29 is 9.59 Å². The standard InChI is InChI=1S/C21H29N3O2/c25-19(16-6-4-7-16)24-18-9-3-5-15(11-18)12-23-20(26)21-10-2-1-8-17(21)13-22-14-21/h3,5,9,11,16-17,22H,1-2,4,6-8,10,12-14H2,(H,23,26)(H,24,25)/t17-,21+/m0/s1. The molecule has 0 aromatic heterocycles. The first kappa shape index (κ1) is 17.5. The van der Waals surface area contributed by atoms with Crippen LogP contribution in [0.2, 0.25) is 0 Å². The zero-order chi connectivity index (χ0) is 18.0. The summed E-state index contributed by atoms with van der Waals surface area (Å²) in [4.78, 5) is 25.1. The minimum absolute atomic E-state index is 0.124. The normalized spacial score (nSPS) is 28.1. The summed E-state index contributed by atoms with van der Waals surface area (Å²) >= 11 is 0. The molecular weight excluding hydrogens is 326 g/mol. The molecule has 3 N–H and O–H groups in total. The van der Waals surface area contributed by atoms with E-state index >= 15 is 0 Å². The van der Waals surface area contributed by atoms with E-state index in [1.165, 1.54) is 6.42 Å². The first-order valence-corrected chi connectivity index (χ1v) is 10.1. The van der Waals surface area contributed by atoms with Gasteiger partial charge in [-0.1, -0.05) is 31.4 Å². The van der Waals surface area contributed by atoms with E-state index in [0.717, 1.165) is 62.9 Å². The van der Waals surface area contributed by atoms with Crippen LogP contribution < -0.4 is 16.0 Å². The predicted octanol–water partition coefficient (Wildman–Crippen LogP) is 2.82. The Kier molecular flexibility index (Phi) is 4.98. The van der Waals surface area contributed by atoms with Gasteiger partial charge in [0.2, 0.25) is 11.8 Å². The maximum atomic E-state index is 13.0. The Bertz CT molecular complexity index is 686. The molecule has 140 valence electrons. The number of fused-ring (bicyclic) bond motifs is 1. The van der Waals surface area contributed by atoms with Gasteiger partial charge in [-0.25, -0.2) is 0 Å². The van der Waals surface area contributed by atoms with E-state index in [-0.39, 0.29) is 23.1 Å². The summed E-state index contributed by atoms with van der Waals surface area (Å²) in [5.41, 5.74) is 1.64. The lowest BCUT2D eigenvalue weighted by Gasteiger charge is -2.37. The number of nitrogens with one attached hydrogen (secondary N) is 3. The van der Waals surface area contributed by atoms with Crippen LogP contribution in [0.3, 0.4) is 0 Å². The molecular formula is C21H29N3O2. The molecule has 2 amide bonds. The highest BCUT2D eigenvalue weighted by Gasteiger charge is 2.49. The minimum atomic E-state index is -0.214. The maximum absolute atomic E-state index is 13.0. The fourth-order valence-corrected chi connectivity index (χ4v) is 4.72. The number of hydrogen-bond acceptors (Lipinski definition) is 3. The fraction of sp³-hybridized carbons (Fsp3) is 0.619. The summed E-state index contributed by atoms with van der Waals surface area (Å²) in [5, 5.41) is 9.60. The molecule has 1 aliphatic heterocycles. The zero-order valence-corrected chi connectivity index (χ0v) is 15.4. The summed E-state index contributed by atoms with van der Waals surface area (Å²) in [6, 6.07) is 7.83. The minimum Gasteiger partial charge on any atom is -0.351 e. The number of amides is 2. The highest BCUT2D eigenvalue weighted by atomic mass is 16.2. The summed E-state index contributed by atoms with van der Waals surface area (Å²) in [7, 11) is 0. The van der Waals surface area contributed by atoms with Gasteiger partial charge in [0.1, 0.15) is 0 Å². The second-order valence-corrected chi connectivity index (χ2v) is 8.23. The van der Waals surface area contributed by atoms with Gasteiger partial charge in [0.25, 0.3) is 0 Å². The van der Waals surface area contributed by atoms with Crippen LogP contribution >= 0.6 is 0 Å². The fourth-order valence-electron chi connectivity index (χ4n) is 4.72. The third kappa shape index (κ3) is 3.37. The second-order valence-electron chi connectivity index (χ2n) is 8.23. The van der Waals surface area contributed by atoms with Gasteiger partial charge >= 0.3 is 0 Å². The molecule has 5 heteroatoms. The van der Waals surface area contributed by atoms with Gasteiger partial charge in [-0.15, -0.1) is 0 Å². The smallest absolute Gasteiger partial charge is 0.228 e. The topological polar surface area (TPSA) is 70.2 Å². The summed E-state index contributed by atoms with van der Waals surface area (Å²) in [5.74, 6) is 0.967. The van der Waals surface area contributed by atoms with Crippen molar-refractivity contribution >= 4 is 17.5 Å². The van der Waals surface area contributed by atoms with Crippen molar-refractivity contribution in [1.82, 2.24) is 10.6 Å². The Balaban J connectivity index is 1.36. The SMILES string of the molecule is O=C(Nc1cccc(CNC(=O)[C@@]23CCCC[C@H]2CNC3)c1)C1CCC1. The van der Waals surface area contributed by atoms with Gasteiger partial charge in [0.15, 0.2) is 0 Å². The van der Waals surface area contributed by atoms with Crippen LogP contribution in [0, 0.1) is 17.3 Å². The summed E-state index contributed by atoms with van der Waals surface area (Å²) < 4.78 is 0. The number of hydrogen-bond donors (Lipinski definition) is 3. The van der Waals surface area contributed by atoms with E-state index in [9.17, 15) is 9.59 Å². The van der Waals surface area contributed by atoms with Gasteiger partial charge in [0.05, 0.1) is 5.41 Å². The van der Waals surface area contributed by atoms with Crippen molar-refractivity contribution in [2.75, 3.05) is 18.4 Å². The van der Waals surface area contributed by atoms with Crippen molar-refractivity contribution in [1.29, 1.82) is 0 Å². The number of anilines is 1. The molecule has 0 bridgehead atoms. The number of benzene rings is 1. The van der Waals surface area contributed by atoms with Gasteiger partial charge in [0, 0.05) is 24.7 Å². The van der Waals surface area contributed by atoms with E-state index in [1.54, 1.807) is 0 Å². The van der Waals surface area contributed by atoms with Gasteiger partial charge in [-0.2, -0.15) is 0 Å². The van der Waals surface area contributed by atoms with E-state index in [1.807, 2.05) is 24.3 Å². The third-order valence-corrected chi connectivity index (χ3v) is 6.61. The monoisotopic (exact) mass is 355 g/mol. The van der Waals surface area contributed by atoms with E-state index in [2.05, 4.69) is 16.0 Å². The Labute approximate surface area is 155 Å². The molecule has 5 nitrogen and oxygen atoms in total. The Morgan fingerprint density at radius 3 is 2.85 bits per heavy atom. The van der Waals surface area contributed by atoms with Crippen molar-refractivity contribution in [3.05, 3.63) is 29.8 Å². The average Bonchev–Trinajstić information content (AvgIpc) is 3.03. The van der Waals surface area contributed by atoms with Crippen LogP contribution in [0.1, 0.15) is 50.5 Å². The molecule has 0 unspecified atom stereocenters. The molecule has 1 saturated heterocycles. The van der Waals surface area contributed by atoms with E-state index in [4.69, 9.17) is 0 Å². The molecule has 3 fully saturated rings. The van der Waals surface area contributed by atoms with Gasteiger partial charge < -0.3 is 16.0 Å². The lowest BCUT2D eigenvalue weighted by molar-refractivity contribution is -0.134. The highest BCUT2D eigenvalue weighted by molar-refractivity contribution is 5.93. The molecule has 2 aliphatic carbocycles. The van der Waals surface area contributed by atoms with Crippen LogP contribution in [-0.4, -0.2) is 24.9 Å². The maximum Gasteiger partial charge on any atom is 0.228 e. The molecule has 2 atom stereocenters. The first-order valence-electron chi connectivity index (χ1n) is 10.1. The molecule has 26 heavy (non-hydrogen) atoms. The quantitative estimate of drug-likeness (QED) is 0.761. The summed E-state index contributed by atoms with van der Waals surface area (Å²) in [6.07, 6.45) is 7.69. The molecule has 2 saturated carbocycles.